The first-order valence-corrected chi connectivity index (χ1v) is 9.34. The maximum atomic E-state index is 5.38. The van der Waals surface area contributed by atoms with E-state index in [1.807, 2.05) is 6.07 Å². The van der Waals surface area contributed by atoms with E-state index in [9.17, 15) is 0 Å². The van der Waals surface area contributed by atoms with Crippen molar-refractivity contribution in [2.24, 2.45) is 0 Å². The van der Waals surface area contributed by atoms with Crippen LogP contribution in [-0.2, 0) is 4.74 Å². The molecule has 132 valence electrons. The zero-order valence-corrected chi connectivity index (χ0v) is 15.3. The van der Waals surface area contributed by atoms with Gasteiger partial charge in [0.05, 0.1) is 19.8 Å². The molecule has 2 aromatic carbocycles. The number of morpholine rings is 1. The summed E-state index contributed by atoms with van der Waals surface area (Å²) in [5.74, 6) is 0. The fourth-order valence-corrected chi connectivity index (χ4v) is 3.22. The third-order valence-corrected chi connectivity index (χ3v) is 4.69. The second kappa shape index (κ2) is 9.51. The summed E-state index contributed by atoms with van der Waals surface area (Å²) in [5, 5.41) is 7.23. The molecule has 0 amide bonds. The van der Waals surface area contributed by atoms with E-state index >= 15 is 0 Å². The highest BCUT2D eigenvalue weighted by molar-refractivity contribution is 7.80. The highest BCUT2D eigenvalue weighted by Crippen LogP contribution is 2.20. The highest BCUT2D eigenvalue weighted by Gasteiger charge is 2.12. The lowest BCUT2D eigenvalue weighted by Gasteiger charge is -2.23. The van der Waals surface area contributed by atoms with Crippen molar-refractivity contribution in [1.82, 2.24) is 5.32 Å². The van der Waals surface area contributed by atoms with Crippen LogP contribution in [0.5, 0.6) is 0 Å². The predicted molar refractivity (Wildman–Crippen MR) is 107 cm³/mol. The van der Waals surface area contributed by atoms with Gasteiger partial charge in [-0.1, -0.05) is 42.5 Å². The topological polar surface area (TPSA) is 37.7 Å². The fourth-order valence-electron chi connectivity index (χ4n) is 3.00. The molecule has 1 aliphatic rings. The maximum absolute atomic E-state index is 5.38. The van der Waals surface area contributed by atoms with Crippen LogP contribution < -0.4 is 15.5 Å². The highest BCUT2D eigenvalue weighted by atomic mass is 32.1. The van der Waals surface area contributed by atoms with Crippen LogP contribution in [-0.4, -0.2) is 44.5 Å². The molecule has 5 heteroatoms. The zero-order chi connectivity index (χ0) is 17.3. The average Bonchev–Trinajstić information content (AvgIpc) is 2.67. The first-order chi connectivity index (χ1) is 12.3. The lowest BCUT2D eigenvalue weighted by atomic mass is 10.1. The number of thiocarbonyl (C=S) groups is 1. The molecule has 0 spiro atoms. The van der Waals surface area contributed by atoms with Gasteiger partial charge in [0, 0.05) is 18.7 Å². The normalized spacial score (nSPS) is 14.9. The molecule has 0 aliphatic carbocycles. The van der Waals surface area contributed by atoms with E-state index in [4.69, 9.17) is 17.0 Å². The van der Waals surface area contributed by atoms with Gasteiger partial charge < -0.3 is 20.3 Å². The van der Waals surface area contributed by atoms with Gasteiger partial charge in [0.15, 0.2) is 5.11 Å². The number of anilines is 1. The minimum Gasteiger partial charge on any atom is -0.370 e. The Balaban J connectivity index is 1.39. The standard InChI is InChI=1S/C20H25N3OS/c25-20(21-11-4-12-23-13-15-24-16-14-23)22-19-9-7-18(8-10-19)17-5-2-1-3-6-17/h1-3,5-10H,4,11-16H2,(H2,21,22,25)/p+1. The number of benzene rings is 2. The quantitative estimate of drug-likeness (QED) is 0.546. The van der Waals surface area contributed by atoms with Gasteiger partial charge in [0.25, 0.3) is 0 Å². The minimum absolute atomic E-state index is 0.685. The van der Waals surface area contributed by atoms with E-state index < -0.39 is 0 Å². The molecular formula is C20H26N3OS+. The van der Waals surface area contributed by atoms with Crippen molar-refractivity contribution >= 4 is 23.0 Å². The van der Waals surface area contributed by atoms with Crippen molar-refractivity contribution < 1.29 is 9.64 Å². The van der Waals surface area contributed by atoms with Gasteiger partial charge in [-0.05, 0) is 35.5 Å². The summed E-state index contributed by atoms with van der Waals surface area (Å²) in [6.07, 6.45) is 1.12. The summed E-state index contributed by atoms with van der Waals surface area (Å²) in [6, 6.07) is 18.7. The van der Waals surface area contributed by atoms with Crippen LogP contribution in [0.3, 0.4) is 0 Å². The third kappa shape index (κ3) is 5.81. The van der Waals surface area contributed by atoms with E-state index in [0.717, 1.165) is 45.0 Å². The second-order valence-electron chi connectivity index (χ2n) is 6.29. The Bertz CT molecular complexity index is 654. The lowest BCUT2D eigenvalue weighted by molar-refractivity contribution is -0.908. The number of rotatable bonds is 6. The van der Waals surface area contributed by atoms with Gasteiger partial charge in [0.2, 0.25) is 0 Å². The summed E-state index contributed by atoms with van der Waals surface area (Å²) in [7, 11) is 0. The molecule has 0 aromatic heterocycles. The number of hydrogen-bond acceptors (Lipinski definition) is 2. The first-order valence-electron chi connectivity index (χ1n) is 8.93. The second-order valence-corrected chi connectivity index (χ2v) is 6.70. The molecule has 1 saturated heterocycles. The van der Waals surface area contributed by atoms with E-state index in [2.05, 4.69) is 59.2 Å². The van der Waals surface area contributed by atoms with Crippen molar-refractivity contribution in [2.45, 2.75) is 6.42 Å². The van der Waals surface area contributed by atoms with Crippen molar-refractivity contribution in [1.29, 1.82) is 0 Å². The van der Waals surface area contributed by atoms with Crippen LogP contribution in [0.1, 0.15) is 6.42 Å². The van der Waals surface area contributed by atoms with Crippen LogP contribution in [0.25, 0.3) is 11.1 Å². The number of hydrogen-bond donors (Lipinski definition) is 3. The van der Waals surface area contributed by atoms with Gasteiger partial charge in [-0.2, -0.15) is 0 Å². The Hall–Kier alpha value is -1.95. The van der Waals surface area contributed by atoms with Crippen molar-refractivity contribution in [3.8, 4) is 11.1 Å². The molecule has 1 fully saturated rings. The fraction of sp³-hybridized carbons (Fsp3) is 0.350. The summed E-state index contributed by atoms with van der Waals surface area (Å²) in [4.78, 5) is 1.63. The van der Waals surface area contributed by atoms with Gasteiger partial charge in [-0.3, -0.25) is 0 Å². The molecule has 0 radical (unpaired) electrons. The molecule has 25 heavy (non-hydrogen) atoms. The minimum atomic E-state index is 0.685. The average molecular weight is 357 g/mol. The molecule has 3 rings (SSSR count). The Morgan fingerprint density at radius 1 is 0.960 bits per heavy atom. The summed E-state index contributed by atoms with van der Waals surface area (Å²) < 4.78 is 5.38. The maximum Gasteiger partial charge on any atom is 0.170 e. The van der Waals surface area contributed by atoms with E-state index in [-0.39, 0.29) is 0 Å². The van der Waals surface area contributed by atoms with Gasteiger partial charge in [-0.15, -0.1) is 0 Å². The Morgan fingerprint density at radius 3 is 2.36 bits per heavy atom. The lowest BCUT2D eigenvalue weighted by Crippen LogP contribution is -3.14. The molecule has 0 saturated carbocycles. The molecule has 0 unspecified atom stereocenters. The van der Waals surface area contributed by atoms with Gasteiger partial charge >= 0.3 is 0 Å². The van der Waals surface area contributed by atoms with Gasteiger partial charge in [0.1, 0.15) is 13.1 Å². The molecule has 4 nitrogen and oxygen atoms in total. The predicted octanol–water partition coefficient (Wildman–Crippen LogP) is 1.95. The molecule has 2 aromatic rings. The monoisotopic (exact) mass is 356 g/mol. The number of nitrogens with one attached hydrogen (secondary N) is 3. The van der Waals surface area contributed by atoms with Crippen LogP contribution in [0.2, 0.25) is 0 Å². The van der Waals surface area contributed by atoms with Crippen molar-refractivity contribution in [3.63, 3.8) is 0 Å². The number of ether oxygens (including phenoxy) is 1. The molecule has 0 atom stereocenters. The van der Waals surface area contributed by atoms with E-state index in [1.54, 1.807) is 4.90 Å². The largest absolute Gasteiger partial charge is 0.370 e. The third-order valence-electron chi connectivity index (χ3n) is 4.44. The molecule has 3 N–H and O–H groups in total. The van der Waals surface area contributed by atoms with Gasteiger partial charge in [-0.25, -0.2) is 0 Å². The summed E-state index contributed by atoms with van der Waals surface area (Å²) >= 11 is 5.38. The first kappa shape index (κ1) is 17.9. The number of quaternary nitrogens is 1. The van der Waals surface area contributed by atoms with Crippen molar-refractivity contribution in [3.05, 3.63) is 54.6 Å². The zero-order valence-electron chi connectivity index (χ0n) is 14.5. The van der Waals surface area contributed by atoms with E-state index in [0.29, 0.717) is 5.11 Å². The van der Waals surface area contributed by atoms with Crippen molar-refractivity contribution in [2.75, 3.05) is 44.7 Å². The summed E-state index contributed by atoms with van der Waals surface area (Å²) in [5.41, 5.74) is 3.44. The van der Waals surface area contributed by atoms with Crippen LogP contribution >= 0.6 is 12.2 Å². The molecular weight excluding hydrogens is 330 g/mol. The summed E-state index contributed by atoms with van der Waals surface area (Å²) in [6.45, 7) is 6.10. The smallest absolute Gasteiger partial charge is 0.170 e. The molecule has 1 heterocycles. The Labute approximate surface area is 155 Å². The Kier molecular flexibility index (Phi) is 6.79. The molecule has 1 aliphatic heterocycles. The Morgan fingerprint density at radius 2 is 1.64 bits per heavy atom. The SMILES string of the molecule is S=C(NCCC[NH+]1CCOCC1)Nc1ccc(-c2ccccc2)cc1. The van der Waals surface area contributed by atoms with E-state index in [1.165, 1.54) is 17.7 Å². The van der Waals surface area contributed by atoms with Crippen LogP contribution in [0.4, 0.5) is 5.69 Å². The molecule has 0 bridgehead atoms. The van der Waals surface area contributed by atoms with Crippen LogP contribution in [0, 0.1) is 0 Å². The van der Waals surface area contributed by atoms with Crippen LogP contribution in [0.15, 0.2) is 54.6 Å².